The first-order valence-electron chi connectivity index (χ1n) is 8.82. The Morgan fingerprint density at radius 2 is 1.97 bits per heavy atom. The number of hydrogen-bond donors (Lipinski definition) is 3. The van der Waals surface area contributed by atoms with Crippen LogP contribution in [0.4, 0.5) is 23.7 Å². The molecule has 1 aromatic heterocycles. The number of para-hydroxylation sites is 1. The number of anilines is 1. The van der Waals surface area contributed by atoms with Crippen LogP contribution in [0.5, 0.6) is 0 Å². The van der Waals surface area contributed by atoms with Crippen LogP contribution in [0.15, 0.2) is 29.6 Å². The van der Waals surface area contributed by atoms with Crippen LogP contribution < -0.4 is 10.6 Å². The molecule has 1 fully saturated rings. The molecular formula is C18H19ClF3N3O4S. The number of nitrogens with one attached hydrogen (secondary N) is 2. The molecule has 0 radical (unpaired) electrons. The van der Waals surface area contributed by atoms with Gasteiger partial charge < -0.3 is 15.2 Å². The highest BCUT2D eigenvalue weighted by Crippen LogP contribution is 2.31. The Bertz CT molecular complexity index is 857. The summed E-state index contributed by atoms with van der Waals surface area (Å²) in [6, 6.07) is 7.04. The number of nitrogens with zero attached hydrogens (tertiary/aromatic N) is 1. The predicted molar refractivity (Wildman–Crippen MR) is 107 cm³/mol. The minimum absolute atomic E-state index is 0.0579. The normalized spacial score (nSPS) is 14.4. The number of thiazole rings is 1. The third kappa shape index (κ3) is 7.81. The molecule has 1 aliphatic rings. The van der Waals surface area contributed by atoms with E-state index in [9.17, 15) is 22.8 Å². The van der Waals surface area contributed by atoms with Gasteiger partial charge in [0.2, 0.25) is 0 Å². The summed E-state index contributed by atoms with van der Waals surface area (Å²) in [5.41, 5.74) is 1.22. The van der Waals surface area contributed by atoms with Crippen molar-refractivity contribution >= 4 is 40.7 Å². The third-order valence-corrected chi connectivity index (χ3v) is 5.21. The lowest BCUT2D eigenvalue weighted by atomic mass is 9.99. The van der Waals surface area contributed by atoms with Gasteiger partial charge in [-0.05, 0) is 44.0 Å². The number of ether oxygens (including phenoxy) is 1. The lowest BCUT2D eigenvalue weighted by Crippen LogP contribution is -2.33. The average Bonchev–Trinajstić information content (AvgIpc) is 3.13. The molecule has 3 rings (SSSR count). The van der Waals surface area contributed by atoms with Crippen molar-refractivity contribution in [1.29, 1.82) is 0 Å². The summed E-state index contributed by atoms with van der Waals surface area (Å²) in [7, 11) is 0. The van der Waals surface area contributed by atoms with E-state index >= 15 is 0 Å². The molecular weight excluding hydrogens is 447 g/mol. The molecule has 0 bridgehead atoms. The molecule has 0 unspecified atom stereocenters. The van der Waals surface area contributed by atoms with Gasteiger partial charge in [-0.3, -0.25) is 5.32 Å². The molecule has 1 aliphatic heterocycles. The highest BCUT2D eigenvalue weighted by Gasteiger charge is 2.41. The summed E-state index contributed by atoms with van der Waals surface area (Å²) < 4.78 is 39.3. The quantitative estimate of drug-likeness (QED) is 0.568. The number of carboxylic acid groups (broad SMARTS) is 1. The van der Waals surface area contributed by atoms with Crippen molar-refractivity contribution in [2.45, 2.75) is 19.0 Å². The highest BCUT2D eigenvalue weighted by atomic mass is 35.5. The summed E-state index contributed by atoms with van der Waals surface area (Å²) in [6.45, 7) is 1.42. The molecule has 12 heteroatoms. The van der Waals surface area contributed by atoms with Crippen molar-refractivity contribution in [1.82, 2.24) is 10.3 Å². The molecule has 2 heterocycles. The minimum Gasteiger partial charge on any atom is -0.465 e. The standard InChI is InChI=1S/C10H7ClN2O2S.C8H12F3NO2/c11-8-5-16-9(13-8)6-3-1-2-4-7(6)12-10(14)15;9-8(10,11)7(13)14-5-6-1-3-12-4-2-6/h1-5,12H,(H,14,15);6,12H,1-5H2. The molecule has 0 aliphatic carbocycles. The van der Waals surface area contributed by atoms with Crippen molar-refractivity contribution in [2.75, 3.05) is 25.0 Å². The van der Waals surface area contributed by atoms with Gasteiger partial charge in [-0.2, -0.15) is 13.2 Å². The lowest BCUT2D eigenvalue weighted by molar-refractivity contribution is -0.201. The van der Waals surface area contributed by atoms with E-state index in [1.165, 1.54) is 11.3 Å². The van der Waals surface area contributed by atoms with Gasteiger partial charge in [0, 0.05) is 10.9 Å². The van der Waals surface area contributed by atoms with E-state index in [-0.39, 0.29) is 12.5 Å². The van der Waals surface area contributed by atoms with Gasteiger partial charge in [-0.1, -0.05) is 23.7 Å². The Hall–Kier alpha value is -2.37. The number of halogens is 4. The number of amides is 1. The van der Waals surface area contributed by atoms with Crippen LogP contribution in [0.2, 0.25) is 5.15 Å². The summed E-state index contributed by atoms with van der Waals surface area (Å²) in [4.78, 5) is 25.0. The molecule has 0 atom stereocenters. The number of carbonyl (C=O) groups excluding carboxylic acids is 1. The molecule has 2 aromatic rings. The second kappa shape index (κ2) is 11.1. The summed E-state index contributed by atoms with van der Waals surface area (Å²) >= 11 is 7.10. The first-order chi connectivity index (χ1) is 14.2. The largest absolute Gasteiger partial charge is 0.490 e. The first kappa shape index (κ1) is 23.9. The number of carbonyl (C=O) groups is 2. The Kier molecular flexibility index (Phi) is 8.88. The van der Waals surface area contributed by atoms with E-state index in [4.69, 9.17) is 16.7 Å². The van der Waals surface area contributed by atoms with Crippen molar-refractivity contribution in [3.8, 4) is 10.6 Å². The van der Waals surface area contributed by atoms with Crippen LogP contribution in [-0.2, 0) is 9.53 Å². The third-order valence-electron chi connectivity index (χ3n) is 4.02. The predicted octanol–water partition coefficient (Wildman–Crippen LogP) is 4.64. The fourth-order valence-corrected chi connectivity index (χ4v) is 3.58. The van der Waals surface area contributed by atoms with Crippen LogP contribution in [0.3, 0.4) is 0 Å². The molecule has 0 spiro atoms. The number of rotatable bonds is 4. The molecule has 30 heavy (non-hydrogen) atoms. The van der Waals surface area contributed by atoms with Crippen LogP contribution in [-0.4, -0.2) is 48.0 Å². The Morgan fingerprint density at radius 1 is 1.30 bits per heavy atom. The van der Waals surface area contributed by atoms with Crippen molar-refractivity contribution < 1.29 is 32.6 Å². The van der Waals surface area contributed by atoms with E-state index in [2.05, 4.69) is 20.4 Å². The van der Waals surface area contributed by atoms with E-state index in [0.29, 0.717) is 15.8 Å². The number of hydrogen-bond acceptors (Lipinski definition) is 6. The number of esters is 1. The van der Waals surface area contributed by atoms with Gasteiger partial charge in [0.15, 0.2) is 0 Å². The van der Waals surface area contributed by atoms with Gasteiger partial charge in [-0.25, -0.2) is 14.6 Å². The highest BCUT2D eigenvalue weighted by molar-refractivity contribution is 7.13. The van der Waals surface area contributed by atoms with Gasteiger partial charge >= 0.3 is 18.2 Å². The fraction of sp³-hybridized carbons (Fsp3) is 0.389. The topological polar surface area (TPSA) is 101 Å². The Morgan fingerprint density at radius 3 is 2.53 bits per heavy atom. The lowest BCUT2D eigenvalue weighted by Gasteiger charge is -2.22. The summed E-state index contributed by atoms with van der Waals surface area (Å²) in [6.07, 6.45) is -4.46. The monoisotopic (exact) mass is 465 g/mol. The second-order valence-corrected chi connectivity index (χ2v) is 7.49. The first-order valence-corrected chi connectivity index (χ1v) is 10.1. The van der Waals surface area contributed by atoms with Crippen molar-refractivity contribution in [2.24, 2.45) is 5.92 Å². The average molecular weight is 466 g/mol. The van der Waals surface area contributed by atoms with Crippen molar-refractivity contribution in [3.63, 3.8) is 0 Å². The molecule has 1 saturated heterocycles. The Labute approximate surface area is 179 Å². The maximum Gasteiger partial charge on any atom is 0.490 e. The molecule has 1 amide bonds. The number of benzene rings is 1. The van der Waals surface area contributed by atoms with Crippen molar-refractivity contribution in [3.05, 3.63) is 34.8 Å². The molecule has 0 saturated carbocycles. The van der Waals surface area contributed by atoms with E-state index in [0.717, 1.165) is 31.5 Å². The fourth-order valence-electron chi connectivity index (χ4n) is 2.60. The van der Waals surface area contributed by atoms with Crippen LogP contribution in [0.1, 0.15) is 12.8 Å². The van der Waals surface area contributed by atoms with Crippen LogP contribution in [0.25, 0.3) is 10.6 Å². The number of alkyl halides is 3. The molecule has 3 N–H and O–H groups in total. The maximum atomic E-state index is 11.7. The Balaban J connectivity index is 0.000000216. The molecule has 164 valence electrons. The van der Waals surface area contributed by atoms with E-state index in [1.54, 1.807) is 23.6 Å². The summed E-state index contributed by atoms with van der Waals surface area (Å²) in [5.74, 6) is -2.03. The zero-order valence-corrected chi connectivity index (χ0v) is 17.1. The smallest absolute Gasteiger partial charge is 0.465 e. The number of piperidine rings is 1. The molecule has 1 aromatic carbocycles. The summed E-state index contributed by atoms with van der Waals surface area (Å²) in [5, 5.41) is 16.9. The van der Waals surface area contributed by atoms with Gasteiger partial charge in [-0.15, -0.1) is 11.3 Å². The zero-order chi connectivity index (χ0) is 22.1. The second-order valence-electron chi connectivity index (χ2n) is 6.24. The molecule has 7 nitrogen and oxygen atoms in total. The number of aromatic nitrogens is 1. The van der Waals surface area contributed by atoms with Crippen LogP contribution in [0, 0.1) is 5.92 Å². The van der Waals surface area contributed by atoms with Crippen LogP contribution >= 0.6 is 22.9 Å². The van der Waals surface area contributed by atoms with Gasteiger partial charge in [0.25, 0.3) is 0 Å². The van der Waals surface area contributed by atoms with E-state index < -0.39 is 18.2 Å². The van der Waals surface area contributed by atoms with E-state index in [1.807, 2.05) is 6.07 Å². The minimum atomic E-state index is -4.87. The zero-order valence-electron chi connectivity index (χ0n) is 15.5. The van der Waals surface area contributed by atoms with Gasteiger partial charge in [0.05, 0.1) is 12.3 Å². The maximum absolute atomic E-state index is 11.7. The van der Waals surface area contributed by atoms with Gasteiger partial charge in [0.1, 0.15) is 10.2 Å². The SMILES string of the molecule is O=C(O)Nc1ccccc1-c1nc(Cl)cs1.O=C(OCC1CCNCC1)C(F)(F)F.